The molecule has 250 valence electrons. The molecule has 0 saturated carbocycles. The highest BCUT2D eigenvalue weighted by Gasteiger charge is 2.45. The standard InChI is InChI=1S/C38H50N4O4Si/c1-9-44-33-21-28(19-20-32(33)45-25(2)3)35(40-34-22-27-17-13-14-18-30(27)36(39)41-34)37(43)42-24-29(46-47(7,8)38(4,5)6)23-31(42)26-15-11-10-12-16-26/h10-22,25,29,31,35H,9,23-24H2,1-8H3,(H3,39,40,41)/t29-,31-,35?/m1/s1. The summed E-state index contributed by atoms with van der Waals surface area (Å²) in [4.78, 5) is 21.7. The van der Waals surface area contributed by atoms with E-state index in [1.54, 1.807) is 0 Å². The molecule has 1 fully saturated rings. The van der Waals surface area contributed by atoms with Gasteiger partial charge in [0.1, 0.15) is 17.7 Å². The zero-order valence-electron chi connectivity index (χ0n) is 29.0. The summed E-state index contributed by atoms with van der Waals surface area (Å²) in [5.41, 5.74) is 8.24. The Balaban J connectivity index is 1.58. The van der Waals surface area contributed by atoms with Crippen molar-refractivity contribution in [2.24, 2.45) is 0 Å². The maximum Gasteiger partial charge on any atom is 0.250 e. The summed E-state index contributed by atoms with van der Waals surface area (Å²) >= 11 is 0. The molecule has 5 rings (SSSR count). The monoisotopic (exact) mass is 654 g/mol. The zero-order valence-corrected chi connectivity index (χ0v) is 30.0. The van der Waals surface area contributed by atoms with E-state index in [1.165, 1.54) is 0 Å². The lowest BCUT2D eigenvalue weighted by atomic mass is 10.0. The Kier molecular flexibility index (Phi) is 10.2. The van der Waals surface area contributed by atoms with E-state index in [4.69, 9.17) is 19.6 Å². The number of nitrogens with zero attached hydrogens (tertiary/aromatic N) is 2. The molecule has 3 aromatic carbocycles. The van der Waals surface area contributed by atoms with Gasteiger partial charge in [0.25, 0.3) is 0 Å². The van der Waals surface area contributed by atoms with Crippen molar-refractivity contribution in [1.82, 2.24) is 9.88 Å². The van der Waals surface area contributed by atoms with E-state index in [1.807, 2.05) is 92.4 Å². The van der Waals surface area contributed by atoms with E-state index in [0.29, 0.717) is 36.3 Å². The lowest BCUT2D eigenvalue weighted by Gasteiger charge is -2.38. The summed E-state index contributed by atoms with van der Waals surface area (Å²) in [6, 6.07) is 24.8. The quantitative estimate of drug-likeness (QED) is 0.156. The van der Waals surface area contributed by atoms with Crippen molar-refractivity contribution < 1.29 is 18.7 Å². The van der Waals surface area contributed by atoms with Crippen molar-refractivity contribution >= 4 is 36.6 Å². The molecular weight excluding hydrogens is 605 g/mol. The van der Waals surface area contributed by atoms with Gasteiger partial charge in [-0.1, -0.05) is 81.4 Å². The molecule has 0 aliphatic carbocycles. The van der Waals surface area contributed by atoms with Crippen LogP contribution in [0.4, 0.5) is 11.6 Å². The van der Waals surface area contributed by atoms with E-state index in [2.05, 4.69) is 56.3 Å². The number of benzene rings is 3. The number of pyridine rings is 1. The Labute approximate surface area is 280 Å². The van der Waals surface area contributed by atoms with Crippen LogP contribution in [0, 0.1) is 0 Å². The van der Waals surface area contributed by atoms with Crippen molar-refractivity contribution in [2.45, 2.75) is 90.4 Å². The van der Waals surface area contributed by atoms with Crippen LogP contribution in [0.3, 0.4) is 0 Å². The SMILES string of the molecule is CCOc1cc(C(Nc2cc3ccccc3c(N)n2)C(=O)N2C[C@H](O[Si](C)(C)C(C)(C)C)C[C@@H]2c2ccccc2)ccc1OC(C)C. The van der Waals surface area contributed by atoms with Crippen molar-refractivity contribution in [1.29, 1.82) is 0 Å². The largest absolute Gasteiger partial charge is 0.490 e. The fraction of sp³-hybridized carbons (Fsp3) is 0.421. The number of rotatable bonds is 11. The molecule has 1 unspecified atom stereocenters. The minimum absolute atomic E-state index is 0.0329. The first-order chi connectivity index (χ1) is 22.3. The topological polar surface area (TPSA) is 98.9 Å². The normalized spacial score (nSPS) is 17.6. The van der Waals surface area contributed by atoms with Gasteiger partial charge in [0, 0.05) is 11.9 Å². The summed E-state index contributed by atoms with van der Waals surface area (Å²) in [5.74, 6) is 2.07. The number of fused-ring (bicyclic) bond motifs is 1. The predicted octanol–water partition coefficient (Wildman–Crippen LogP) is 8.52. The molecule has 8 nitrogen and oxygen atoms in total. The number of amides is 1. The fourth-order valence-electron chi connectivity index (χ4n) is 5.94. The molecule has 1 aliphatic heterocycles. The number of anilines is 2. The van der Waals surface area contributed by atoms with E-state index >= 15 is 4.79 Å². The molecular formula is C38H50N4O4Si. The maximum absolute atomic E-state index is 15.0. The van der Waals surface area contributed by atoms with Crippen LogP contribution in [0.15, 0.2) is 78.9 Å². The van der Waals surface area contributed by atoms with Crippen LogP contribution in [0.25, 0.3) is 10.8 Å². The average molecular weight is 655 g/mol. The van der Waals surface area contributed by atoms with E-state index < -0.39 is 14.4 Å². The highest BCUT2D eigenvalue weighted by atomic mass is 28.4. The number of hydrogen-bond donors (Lipinski definition) is 2. The molecule has 3 atom stereocenters. The number of nitrogens with two attached hydrogens (primary N) is 1. The van der Waals surface area contributed by atoms with Gasteiger partial charge < -0.3 is 29.9 Å². The van der Waals surface area contributed by atoms with Crippen molar-refractivity contribution in [3.63, 3.8) is 0 Å². The third-order valence-electron chi connectivity index (χ3n) is 9.27. The fourth-order valence-corrected chi connectivity index (χ4v) is 7.29. The number of carbonyl (C=O) groups excluding carboxylic acids is 1. The highest BCUT2D eigenvalue weighted by molar-refractivity contribution is 6.74. The molecule has 2 heterocycles. The first kappa shape index (κ1) is 34.3. The van der Waals surface area contributed by atoms with Gasteiger partial charge in [0.05, 0.1) is 24.9 Å². The van der Waals surface area contributed by atoms with Gasteiger partial charge in [0.2, 0.25) is 5.91 Å². The van der Waals surface area contributed by atoms with Gasteiger partial charge >= 0.3 is 0 Å². The van der Waals surface area contributed by atoms with Gasteiger partial charge in [0.15, 0.2) is 19.8 Å². The minimum Gasteiger partial charge on any atom is -0.490 e. The third kappa shape index (κ3) is 7.74. The van der Waals surface area contributed by atoms with Gasteiger partial charge in [-0.15, -0.1) is 0 Å². The highest BCUT2D eigenvalue weighted by Crippen LogP contribution is 2.43. The molecule has 47 heavy (non-hydrogen) atoms. The second-order valence-corrected chi connectivity index (χ2v) is 18.9. The number of nitrogen functional groups attached to an aromatic ring is 1. The summed E-state index contributed by atoms with van der Waals surface area (Å²) < 4.78 is 19.0. The molecule has 0 spiro atoms. The molecule has 0 bridgehead atoms. The van der Waals surface area contributed by atoms with Crippen LogP contribution < -0.4 is 20.5 Å². The second kappa shape index (κ2) is 14.0. The molecule has 1 amide bonds. The first-order valence-electron chi connectivity index (χ1n) is 16.7. The molecule has 4 aromatic rings. The third-order valence-corrected chi connectivity index (χ3v) is 13.8. The first-order valence-corrected chi connectivity index (χ1v) is 19.6. The lowest BCUT2D eigenvalue weighted by molar-refractivity contribution is -0.133. The van der Waals surface area contributed by atoms with Crippen LogP contribution in [-0.4, -0.2) is 49.5 Å². The maximum atomic E-state index is 15.0. The van der Waals surface area contributed by atoms with E-state index in [-0.39, 0.29) is 29.2 Å². The Morgan fingerprint density at radius 2 is 1.72 bits per heavy atom. The molecule has 1 aromatic heterocycles. The van der Waals surface area contributed by atoms with Crippen LogP contribution in [0.1, 0.15) is 71.2 Å². The Morgan fingerprint density at radius 3 is 2.40 bits per heavy atom. The molecule has 9 heteroatoms. The Hall–Kier alpha value is -4.08. The predicted molar refractivity (Wildman–Crippen MR) is 193 cm³/mol. The van der Waals surface area contributed by atoms with Gasteiger partial charge in [-0.05, 0) is 80.0 Å². The number of carbonyl (C=O) groups is 1. The van der Waals surface area contributed by atoms with Gasteiger partial charge in [-0.25, -0.2) is 4.98 Å². The van der Waals surface area contributed by atoms with Crippen LogP contribution in [0.5, 0.6) is 11.5 Å². The summed E-state index contributed by atoms with van der Waals surface area (Å²) in [6.07, 6.45) is 0.608. The van der Waals surface area contributed by atoms with Crippen molar-refractivity contribution in [3.05, 3.63) is 90.0 Å². The zero-order chi connectivity index (χ0) is 33.9. The van der Waals surface area contributed by atoms with Crippen molar-refractivity contribution in [2.75, 3.05) is 24.2 Å². The number of aromatic nitrogens is 1. The number of ether oxygens (including phenoxy) is 2. The van der Waals surface area contributed by atoms with Crippen molar-refractivity contribution in [3.8, 4) is 11.5 Å². The van der Waals surface area contributed by atoms with Crippen LogP contribution >= 0.6 is 0 Å². The lowest BCUT2D eigenvalue weighted by Crippen LogP contribution is -2.45. The summed E-state index contributed by atoms with van der Waals surface area (Å²) in [5, 5.41) is 5.34. The van der Waals surface area contributed by atoms with Crippen LogP contribution in [0.2, 0.25) is 18.1 Å². The number of likely N-dealkylation sites (tertiary alicyclic amines) is 1. The average Bonchev–Trinajstić information content (AvgIpc) is 3.43. The van der Waals surface area contributed by atoms with E-state index in [9.17, 15) is 0 Å². The molecule has 1 saturated heterocycles. The Morgan fingerprint density at radius 1 is 1.02 bits per heavy atom. The second-order valence-electron chi connectivity index (χ2n) is 14.1. The van der Waals surface area contributed by atoms with Gasteiger partial charge in [-0.3, -0.25) is 4.79 Å². The number of nitrogens with one attached hydrogen (secondary N) is 1. The number of hydrogen-bond acceptors (Lipinski definition) is 7. The van der Waals surface area contributed by atoms with E-state index in [0.717, 1.165) is 28.3 Å². The van der Waals surface area contributed by atoms with Crippen LogP contribution in [-0.2, 0) is 9.22 Å². The van der Waals surface area contributed by atoms with Gasteiger partial charge in [-0.2, -0.15) is 0 Å². The smallest absolute Gasteiger partial charge is 0.250 e. The Bertz CT molecular complexity index is 1690. The minimum atomic E-state index is -2.09. The molecule has 0 radical (unpaired) electrons. The molecule has 3 N–H and O–H groups in total. The summed E-state index contributed by atoms with van der Waals surface area (Å²) in [6.45, 7) is 18.1. The summed E-state index contributed by atoms with van der Waals surface area (Å²) in [7, 11) is -2.09. The molecule has 1 aliphatic rings.